The molecule has 1 saturated carbocycles. The summed E-state index contributed by atoms with van der Waals surface area (Å²) in [6.07, 6.45) is 5.27. The number of likely N-dealkylation sites (tertiary alicyclic amines) is 1. The van der Waals surface area contributed by atoms with E-state index in [4.69, 9.17) is 4.98 Å². The van der Waals surface area contributed by atoms with E-state index in [1.165, 1.54) is 12.8 Å². The van der Waals surface area contributed by atoms with Crippen LogP contribution in [-0.4, -0.2) is 48.6 Å². The second-order valence-corrected chi connectivity index (χ2v) is 7.99. The predicted molar refractivity (Wildman–Crippen MR) is 106 cm³/mol. The van der Waals surface area contributed by atoms with Crippen molar-refractivity contribution in [3.8, 4) is 0 Å². The second-order valence-electron chi connectivity index (χ2n) is 7.99. The fourth-order valence-electron chi connectivity index (χ4n) is 4.23. The number of amides is 1. The SMILES string of the molecule is CCc1nc2ccccc2n1CC(=O)N1CCCC(c2n[nH]c(C3CC3)n2)C1. The lowest BCUT2D eigenvalue weighted by atomic mass is 9.97. The Balaban J connectivity index is 1.32. The molecule has 1 amide bonds. The Morgan fingerprint density at radius 3 is 2.86 bits per heavy atom. The van der Waals surface area contributed by atoms with Crippen molar-refractivity contribution in [1.82, 2.24) is 29.6 Å². The zero-order valence-electron chi connectivity index (χ0n) is 16.3. The molecule has 1 atom stereocenters. The van der Waals surface area contributed by atoms with E-state index in [2.05, 4.69) is 26.7 Å². The molecular formula is C21H26N6O. The molecule has 1 N–H and O–H groups in total. The first-order valence-electron chi connectivity index (χ1n) is 10.4. The predicted octanol–water partition coefficient (Wildman–Crippen LogP) is 3.00. The summed E-state index contributed by atoms with van der Waals surface area (Å²) in [5.41, 5.74) is 1.99. The van der Waals surface area contributed by atoms with Gasteiger partial charge in [-0.2, -0.15) is 5.10 Å². The Bertz CT molecular complexity index is 1000. The molecule has 7 nitrogen and oxygen atoms in total. The van der Waals surface area contributed by atoms with Gasteiger partial charge in [0.15, 0.2) is 5.82 Å². The third kappa shape index (κ3) is 3.19. The fourth-order valence-corrected chi connectivity index (χ4v) is 4.23. The van der Waals surface area contributed by atoms with Crippen LogP contribution in [0.25, 0.3) is 11.0 Å². The van der Waals surface area contributed by atoms with Crippen LogP contribution in [-0.2, 0) is 17.8 Å². The normalized spacial score (nSPS) is 20.0. The fraction of sp³-hybridized carbons (Fsp3) is 0.524. The molecule has 1 unspecified atom stereocenters. The van der Waals surface area contributed by atoms with E-state index in [1.54, 1.807) is 0 Å². The number of hydrogen-bond donors (Lipinski definition) is 1. The Kier molecular flexibility index (Phi) is 4.37. The van der Waals surface area contributed by atoms with Crippen LogP contribution in [0, 0.1) is 0 Å². The van der Waals surface area contributed by atoms with E-state index in [-0.39, 0.29) is 11.8 Å². The molecule has 0 radical (unpaired) electrons. The van der Waals surface area contributed by atoms with Crippen molar-refractivity contribution in [2.75, 3.05) is 13.1 Å². The zero-order chi connectivity index (χ0) is 19.1. The maximum atomic E-state index is 13.1. The van der Waals surface area contributed by atoms with E-state index in [0.29, 0.717) is 19.0 Å². The minimum atomic E-state index is 0.153. The van der Waals surface area contributed by atoms with Gasteiger partial charge in [-0.05, 0) is 37.8 Å². The van der Waals surface area contributed by atoms with E-state index in [0.717, 1.165) is 54.3 Å². The Labute approximate surface area is 164 Å². The number of piperidine rings is 1. The smallest absolute Gasteiger partial charge is 0.242 e. The molecule has 2 aromatic heterocycles. The van der Waals surface area contributed by atoms with E-state index in [1.807, 2.05) is 29.2 Å². The molecule has 1 aliphatic heterocycles. The molecule has 146 valence electrons. The van der Waals surface area contributed by atoms with Gasteiger partial charge in [-0.3, -0.25) is 9.89 Å². The number of H-pyrrole nitrogens is 1. The number of imidazole rings is 1. The quantitative estimate of drug-likeness (QED) is 0.740. The molecule has 0 spiro atoms. The van der Waals surface area contributed by atoms with Crippen LogP contribution >= 0.6 is 0 Å². The number of carbonyl (C=O) groups is 1. The largest absolute Gasteiger partial charge is 0.340 e. The number of aryl methyl sites for hydroxylation is 1. The number of para-hydroxylation sites is 2. The van der Waals surface area contributed by atoms with Crippen LogP contribution in [0.5, 0.6) is 0 Å². The van der Waals surface area contributed by atoms with E-state index in [9.17, 15) is 4.79 Å². The first-order valence-corrected chi connectivity index (χ1v) is 10.4. The summed E-state index contributed by atoms with van der Waals surface area (Å²) in [5.74, 6) is 3.82. The summed E-state index contributed by atoms with van der Waals surface area (Å²) in [7, 11) is 0. The first-order chi connectivity index (χ1) is 13.7. The molecule has 1 aliphatic carbocycles. The van der Waals surface area contributed by atoms with Crippen molar-refractivity contribution in [2.45, 2.75) is 57.4 Å². The van der Waals surface area contributed by atoms with Gasteiger partial charge < -0.3 is 9.47 Å². The highest BCUT2D eigenvalue weighted by atomic mass is 16.2. The van der Waals surface area contributed by atoms with Gasteiger partial charge in [-0.1, -0.05) is 19.1 Å². The summed E-state index contributed by atoms with van der Waals surface area (Å²) in [6.45, 7) is 3.94. The van der Waals surface area contributed by atoms with Crippen molar-refractivity contribution < 1.29 is 4.79 Å². The number of rotatable bonds is 5. The van der Waals surface area contributed by atoms with Gasteiger partial charge in [-0.15, -0.1) is 0 Å². The highest BCUT2D eigenvalue weighted by Gasteiger charge is 2.31. The molecule has 1 aromatic carbocycles. The average molecular weight is 378 g/mol. The van der Waals surface area contributed by atoms with Gasteiger partial charge in [0.1, 0.15) is 18.2 Å². The molecule has 1 saturated heterocycles. The molecule has 5 rings (SSSR count). The lowest BCUT2D eigenvalue weighted by Crippen LogP contribution is -2.41. The minimum absolute atomic E-state index is 0.153. The van der Waals surface area contributed by atoms with Crippen LogP contribution in [0.3, 0.4) is 0 Å². The van der Waals surface area contributed by atoms with Gasteiger partial charge in [0.25, 0.3) is 0 Å². The number of hydrogen-bond acceptors (Lipinski definition) is 4. The molecule has 2 fully saturated rings. The second kappa shape index (κ2) is 7.04. The van der Waals surface area contributed by atoms with Crippen LogP contribution in [0.2, 0.25) is 0 Å². The Morgan fingerprint density at radius 2 is 2.04 bits per heavy atom. The van der Waals surface area contributed by atoms with Crippen molar-refractivity contribution in [3.05, 3.63) is 41.7 Å². The van der Waals surface area contributed by atoms with Crippen molar-refractivity contribution in [1.29, 1.82) is 0 Å². The molecule has 3 aromatic rings. The summed E-state index contributed by atoms with van der Waals surface area (Å²) in [6, 6.07) is 8.04. The van der Waals surface area contributed by atoms with Crippen molar-refractivity contribution >= 4 is 16.9 Å². The first kappa shape index (κ1) is 17.4. The molecule has 7 heteroatoms. The van der Waals surface area contributed by atoms with Crippen LogP contribution in [0.15, 0.2) is 24.3 Å². The summed E-state index contributed by atoms with van der Waals surface area (Å²) < 4.78 is 2.07. The Morgan fingerprint density at radius 1 is 1.18 bits per heavy atom. The van der Waals surface area contributed by atoms with Gasteiger partial charge in [0.2, 0.25) is 5.91 Å². The third-order valence-corrected chi connectivity index (χ3v) is 5.97. The molecule has 28 heavy (non-hydrogen) atoms. The molecule has 2 aliphatic rings. The highest BCUT2D eigenvalue weighted by molar-refractivity contribution is 5.81. The van der Waals surface area contributed by atoms with Crippen LogP contribution in [0.4, 0.5) is 0 Å². The highest BCUT2D eigenvalue weighted by Crippen LogP contribution is 2.38. The number of benzene rings is 1. The minimum Gasteiger partial charge on any atom is -0.340 e. The number of nitrogens with zero attached hydrogens (tertiary/aromatic N) is 5. The third-order valence-electron chi connectivity index (χ3n) is 5.97. The number of aromatic nitrogens is 5. The number of fused-ring (bicyclic) bond motifs is 1. The van der Waals surface area contributed by atoms with Crippen molar-refractivity contribution in [2.24, 2.45) is 0 Å². The topological polar surface area (TPSA) is 79.7 Å². The lowest BCUT2D eigenvalue weighted by Gasteiger charge is -2.31. The lowest BCUT2D eigenvalue weighted by molar-refractivity contribution is -0.133. The standard InChI is InChI=1S/C21H26N6O/c1-2-18-22-16-7-3-4-8-17(16)27(18)13-19(28)26-11-5-6-15(12-26)21-23-20(24-25-21)14-9-10-14/h3-4,7-8,14-15H,2,5-6,9-13H2,1H3,(H,23,24,25). The summed E-state index contributed by atoms with van der Waals surface area (Å²) >= 11 is 0. The molecule has 3 heterocycles. The van der Waals surface area contributed by atoms with Gasteiger partial charge in [-0.25, -0.2) is 9.97 Å². The number of aromatic amines is 1. The van der Waals surface area contributed by atoms with E-state index < -0.39 is 0 Å². The number of carbonyl (C=O) groups excluding carboxylic acids is 1. The molecular weight excluding hydrogens is 352 g/mol. The molecule has 0 bridgehead atoms. The van der Waals surface area contributed by atoms with Gasteiger partial charge in [0, 0.05) is 31.3 Å². The monoisotopic (exact) mass is 378 g/mol. The maximum Gasteiger partial charge on any atom is 0.242 e. The number of nitrogens with one attached hydrogen (secondary N) is 1. The Hall–Kier alpha value is -2.70. The maximum absolute atomic E-state index is 13.1. The van der Waals surface area contributed by atoms with Crippen LogP contribution in [0.1, 0.15) is 61.9 Å². The van der Waals surface area contributed by atoms with E-state index >= 15 is 0 Å². The van der Waals surface area contributed by atoms with Crippen molar-refractivity contribution in [3.63, 3.8) is 0 Å². The summed E-state index contributed by atoms with van der Waals surface area (Å²) in [4.78, 5) is 24.5. The van der Waals surface area contributed by atoms with Crippen LogP contribution < -0.4 is 0 Å². The summed E-state index contributed by atoms with van der Waals surface area (Å²) in [5, 5.41) is 7.55. The van der Waals surface area contributed by atoms with Gasteiger partial charge >= 0.3 is 0 Å². The average Bonchev–Trinajstić information content (AvgIpc) is 3.36. The zero-order valence-corrected chi connectivity index (χ0v) is 16.3. The van der Waals surface area contributed by atoms with Gasteiger partial charge in [0.05, 0.1) is 11.0 Å².